The van der Waals surface area contributed by atoms with Crippen LogP contribution < -0.4 is 5.32 Å². The first-order chi connectivity index (χ1) is 9.63. The maximum atomic E-state index is 11.7. The van der Waals surface area contributed by atoms with Gasteiger partial charge in [0.05, 0.1) is 12.1 Å². The summed E-state index contributed by atoms with van der Waals surface area (Å²) in [4.78, 5) is 12.7. The summed E-state index contributed by atoms with van der Waals surface area (Å²) < 4.78 is 4.16. The number of halogens is 1. The molecule has 1 heterocycles. The second-order valence-electron chi connectivity index (χ2n) is 4.69. The van der Waals surface area contributed by atoms with Crippen molar-refractivity contribution in [3.63, 3.8) is 0 Å². The minimum absolute atomic E-state index is 0.0553. The number of carbonyl (C=O) groups is 1. The zero-order chi connectivity index (χ0) is 14.4. The minimum Gasteiger partial charge on any atom is -0.356 e. The molecule has 1 N–H and O–H groups in total. The highest BCUT2D eigenvalue weighted by molar-refractivity contribution is 7.05. The molecule has 0 saturated heterocycles. The Morgan fingerprint density at radius 2 is 2.25 bits per heavy atom. The first-order valence-electron chi connectivity index (χ1n) is 6.57. The molecule has 0 bridgehead atoms. The molecule has 1 amide bonds. The lowest BCUT2D eigenvalue weighted by Gasteiger charge is -2.04. The molecular formula is C15H17ClN2OS. The van der Waals surface area contributed by atoms with Gasteiger partial charge in [-0.1, -0.05) is 23.7 Å². The predicted molar refractivity (Wildman–Crippen MR) is 83.3 cm³/mol. The van der Waals surface area contributed by atoms with Crippen LogP contribution in [0.1, 0.15) is 22.6 Å². The SMILES string of the molecule is Cc1cc(CC(=O)NCCCc2cccc(Cl)c2)sn1. The number of aryl methyl sites for hydroxylation is 2. The van der Waals surface area contributed by atoms with E-state index in [2.05, 4.69) is 9.69 Å². The molecule has 1 aromatic carbocycles. The molecule has 0 aliphatic heterocycles. The number of amides is 1. The summed E-state index contributed by atoms with van der Waals surface area (Å²) in [6.07, 6.45) is 2.25. The number of nitrogens with zero attached hydrogens (tertiary/aromatic N) is 1. The topological polar surface area (TPSA) is 42.0 Å². The normalized spacial score (nSPS) is 10.5. The molecule has 0 spiro atoms. The fourth-order valence-electron chi connectivity index (χ4n) is 1.93. The first kappa shape index (κ1) is 15.0. The Bertz CT molecular complexity index is 583. The number of benzene rings is 1. The van der Waals surface area contributed by atoms with Gasteiger partial charge in [0.25, 0.3) is 0 Å². The molecule has 20 heavy (non-hydrogen) atoms. The van der Waals surface area contributed by atoms with Crippen molar-refractivity contribution in [3.05, 3.63) is 51.5 Å². The standard InChI is InChI=1S/C15H17ClN2OS/c1-11-8-14(20-18-11)10-15(19)17-7-3-5-12-4-2-6-13(16)9-12/h2,4,6,8-9H,3,5,7,10H2,1H3,(H,17,19). The molecule has 0 aliphatic carbocycles. The summed E-state index contributed by atoms with van der Waals surface area (Å²) in [6.45, 7) is 2.62. The number of nitrogens with one attached hydrogen (secondary N) is 1. The molecule has 0 fully saturated rings. The van der Waals surface area contributed by atoms with Crippen molar-refractivity contribution in [2.45, 2.75) is 26.2 Å². The van der Waals surface area contributed by atoms with Gasteiger partial charge in [-0.3, -0.25) is 4.79 Å². The fourth-order valence-corrected chi connectivity index (χ4v) is 2.88. The average molecular weight is 309 g/mol. The van der Waals surface area contributed by atoms with E-state index in [4.69, 9.17) is 11.6 Å². The third-order valence-corrected chi connectivity index (χ3v) is 3.98. The van der Waals surface area contributed by atoms with Gasteiger partial charge in [0.2, 0.25) is 5.91 Å². The van der Waals surface area contributed by atoms with E-state index in [9.17, 15) is 4.79 Å². The monoisotopic (exact) mass is 308 g/mol. The molecule has 2 aromatic rings. The molecule has 0 radical (unpaired) electrons. The largest absolute Gasteiger partial charge is 0.356 e. The van der Waals surface area contributed by atoms with Crippen LogP contribution in [-0.4, -0.2) is 16.8 Å². The van der Waals surface area contributed by atoms with Crippen molar-refractivity contribution >= 4 is 29.0 Å². The van der Waals surface area contributed by atoms with Gasteiger partial charge < -0.3 is 5.32 Å². The van der Waals surface area contributed by atoms with E-state index in [-0.39, 0.29) is 5.91 Å². The second-order valence-corrected chi connectivity index (χ2v) is 6.02. The van der Waals surface area contributed by atoms with Crippen molar-refractivity contribution in [1.82, 2.24) is 9.69 Å². The van der Waals surface area contributed by atoms with Crippen LogP contribution in [0.15, 0.2) is 30.3 Å². The molecule has 1 aromatic heterocycles. The molecular weight excluding hydrogens is 292 g/mol. The number of rotatable bonds is 6. The molecule has 0 atom stereocenters. The molecule has 3 nitrogen and oxygen atoms in total. The van der Waals surface area contributed by atoms with Gasteiger partial charge in [-0.15, -0.1) is 0 Å². The highest BCUT2D eigenvalue weighted by Crippen LogP contribution is 2.12. The Labute approximate surface area is 128 Å². The van der Waals surface area contributed by atoms with Crippen molar-refractivity contribution < 1.29 is 4.79 Å². The summed E-state index contributed by atoms with van der Waals surface area (Å²) in [5.41, 5.74) is 2.17. The summed E-state index contributed by atoms with van der Waals surface area (Å²) in [7, 11) is 0. The van der Waals surface area contributed by atoms with Crippen LogP contribution in [0.4, 0.5) is 0 Å². The van der Waals surface area contributed by atoms with Gasteiger partial charge in [-0.25, -0.2) is 0 Å². The van der Waals surface area contributed by atoms with Gasteiger partial charge in [-0.2, -0.15) is 4.37 Å². The number of hydrogen-bond acceptors (Lipinski definition) is 3. The van der Waals surface area contributed by atoms with Crippen molar-refractivity contribution in [1.29, 1.82) is 0 Å². The molecule has 0 saturated carbocycles. The number of hydrogen-bond donors (Lipinski definition) is 1. The predicted octanol–water partition coefficient (Wildman–Crippen LogP) is 3.40. The maximum absolute atomic E-state index is 11.7. The van der Waals surface area contributed by atoms with Crippen LogP contribution in [0, 0.1) is 6.92 Å². The Morgan fingerprint density at radius 1 is 1.40 bits per heavy atom. The Hall–Kier alpha value is -1.39. The second kappa shape index (κ2) is 7.41. The number of aromatic nitrogens is 1. The molecule has 5 heteroatoms. The van der Waals surface area contributed by atoms with Gasteiger partial charge in [0.1, 0.15) is 0 Å². The van der Waals surface area contributed by atoms with Crippen LogP contribution in [-0.2, 0) is 17.6 Å². The Balaban J connectivity index is 1.67. The van der Waals surface area contributed by atoms with E-state index >= 15 is 0 Å². The van der Waals surface area contributed by atoms with Gasteiger partial charge in [-0.05, 0) is 55.1 Å². The average Bonchev–Trinajstić information content (AvgIpc) is 2.80. The Morgan fingerprint density at radius 3 is 2.95 bits per heavy atom. The van der Waals surface area contributed by atoms with E-state index < -0.39 is 0 Å². The quantitative estimate of drug-likeness (QED) is 0.831. The molecule has 106 valence electrons. The first-order valence-corrected chi connectivity index (χ1v) is 7.72. The van der Waals surface area contributed by atoms with Crippen molar-refractivity contribution in [3.8, 4) is 0 Å². The van der Waals surface area contributed by atoms with Crippen LogP contribution >= 0.6 is 23.1 Å². The highest BCUT2D eigenvalue weighted by atomic mass is 35.5. The zero-order valence-electron chi connectivity index (χ0n) is 11.4. The van der Waals surface area contributed by atoms with Gasteiger partial charge >= 0.3 is 0 Å². The lowest BCUT2D eigenvalue weighted by molar-refractivity contribution is -0.120. The Kier molecular flexibility index (Phi) is 5.56. The third-order valence-electron chi connectivity index (χ3n) is 2.86. The van der Waals surface area contributed by atoms with E-state index in [1.807, 2.05) is 37.3 Å². The van der Waals surface area contributed by atoms with Gasteiger partial charge in [0.15, 0.2) is 0 Å². The maximum Gasteiger partial charge on any atom is 0.225 e. The van der Waals surface area contributed by atoms with Gasteiger partial charge in [0, 0.05) is 16.4 Å². The molecule has 0 aliphatic rings. The minimum atomic E-state index is 0.0553. The van der Waals surface area contributed by atoms with E-state index in [0.717, 1.165) is 28.4 Å². The van der Waals surface area contributed by atoms with E-state index in [0.29, 0.717) is 13.0 Å². The van der Waals surface area contributed by atoms with Crippen LogP contribution in [0.3, 0.4) is 0 Å². The number of carbonyl (C=O) groups excluding carboxylic acids is 1. The van der Waals surface area contributed by atoms with Crippen molar-refractivity contribution in [2.75, 3.05) is 6.54 Å². The lowest BCUT2D eigenvalue weighted by Crippen LogP contribution is -2.26. The summed E-state index contributed by atoms with van der Waals surface area (Å²) in [5, 5.41) is 3.69. The fraction of sp³-hybridized carbons (Fsp3) is 0.333. The van der Waals surface area contributed by atoms with Crippen LogP contribution in [0.2, 0.25) is 5.02 Å². The van der Waals surface area contributed by atoms with E-state index in [1.165, 1.54) is 17.1 Å². The molecule has 2 rings (SSSR count). The van der Waals surface area contributed by atoms with Crippen LogP contribution in [0.5, 0.6) is 0 Å². The lowest BCUT2D eigenvalue weighted by atomic mass is 10.1. The van der Waals surface area contributed by atoms with Crippen molar-refractivity contribution in [2.24, 2.45) is 0 Å². The molecule has 0 unspecified atom stereocenters. The van der Waals surface area contributed by atoms with Crippen LogP contribution in [0.25, 0.3) is 0 Å². The zero-order valence-corrected chi connectivity index (χ0v) is 12.9. The third kappa shape index (κ3) is 4.94. The summed E-state index contributed by atoms with van der Waals surface area (Å²) in [6, 6.07) is 9.78. The highest BCUT2D eigenvalue weighted by Gasteiger charge is 2.05. The van der Waals surface area contributed by atoms with E-state index in [1.54, 1.807) is 0 Å². The summed E-state index contributed by atoms with van der Waals surface area (Å²) >= 11 is 7.32. The smallest absolute Gasteiger partial charge is 0.225 e. The summed E-state index contributed by atoms with van der Waals surface area (Å²) in [5.74, 6) is 0.0553.